The van der Waals surface area contributed by atoms with E-state index in [1.807, 2.05) is 24.3 Å². The summed E-state index contributed by atoms with van der Waals surface area (Å²) in [6, 6.07) is 11.1. The van der Waals surface area contributed by atoms with E-state index in [-0.39, 0.29) is 18.2 Å². The van der Waals surface area contributed by atoms with Crippen molar-refractivity contribution in [1.29, 1.82) is 0 Å². The molecule has 0 aliphatic carbocycles. The first-order chi connectivity index (χ1) is 11.0. The molecule has 23 heavy (non-hydrogen) atoms. The molecule has 1 N–H and O–H groups in total. The second-order valence-corrected chi connectivity index (χ2v) is 6.07. The van der Waals surface area contributed by atoms with Crippen molar-refractivity contribution in [2.45, 2.75) is 12.8 Å². The number of carbonyl (C=O) groups excluding carboxylic acids is 2. The summed E-state index contributed by atoms with van der Waals surface area (Å²) in [5, 5.41) is 2.72. The van der Waals surface area contributed by atoms with E-state index in [0.29, 0.717) is 12.2 Å². The third kappa shape index (κ3) is 5.83. The van der Waals surface area contributed by atoms with Crippen LogP contribution in [-0.2, 0) is 16.0 Å². The van der Waals surface area contributed by atoms with Crippen LogP contribution in [0.1, 0.15) is 12.0 Å². The van der Waals surface area contributed by atoms with E-state index in [0.717, 1.165) is 16.5 Å². The highest BCUT2D eigenvalue weighted by Crippen LogP contribution is 2.15. The molecule has 2 aromatic rings. The summed E-state index contributed by atoms with van der Waals surface area (Å²) in [7, 11) is 1.70. The van der Waals surface area contributed by atoms with E-state index < -0.39 is 0 Å². The lowest BCUT2D eigenvalue weighted by molar-refractivity contribution is -0.133. The molecule has 0 saturated heterocycles. The number of pyridine rings is 1. The number of aromatic nitrogens is 1. The number of amides is 2. The minimum absolute atomic E-state index is 0.167. The molecule has 1 aromatic heterocycles. The molecule has 0 atom stereocenters. The van der Waals surface area contributed by atoms with E-state index in [1.54, 1.807) is 36.5 Å². The lowest BCUT2D eigenvalue weighted by atomic mass is 10.2. The Morgan fingerprint density at radius 3 is 2.65 bits per heavy atom. The molecule has 0 aliphatic rings. The van der Waals surface area contributed by atoms with Gasteiger partial charge in [0.1, 0.15) is 6.42 Å². The summed E-state index contributed by atoms with van der Waals surface area (Å²) in [4.78, 5) is 29.5. The van der Waals surface area contributed by atoms with E-state index >= 15 is 0 Å². The van der Waals surface area contributed by atoms with Crippen molar-refractivity contribution in [2.24, 2.45) is 0 Å². The van der Waals surface area contributed by atoms with Gasteiger partial charge in [0.25, 0.3) is 0 Å². The summed E-state index contributed by atoms with van der Waals surface area (Å²) < 4.78 is 0.871. The lowest BCUT2D eigenvalue weighted by Crippen LogP contribution is -2.32. The fourth-order valence-electron chi connectivity index (χ4n) is 2.01. The number of rotatable bonds is 6. The highest BCUT2D eigenvalue weighted by atomic mass is 79.9. The molecule has 2 amide bonds. The fourth-order valence-corrected chi connectivity index (χ4v) is 2.41. The molecule has 1 heterocycles. The van der Waals surface area contributed by atoms with Crippen LogP contribution in [0.5, 0.6) is 0 Å². The summed E-state index contributed by atoms with van der Waals surface area (Å²) >= 11 is 3.34. The predicted octanol–water partition coefficient (Wildman–Crippen LogP) is 2.87. The molecule has 0 spiro atoms. The van der Waals surface area contributed by atoms with Crippen molar-refractivity contribution in [1.82, 2.24) is 9.88 Å². The first kappa shape index (κ1) is 17.1. The maximum absolute atomic E-state index is 12.1. The van der Waals surface area contributed by atoms with Gasteiger partial charge in [-0.1, -0.05) is 22.0 Å². The second kappa shape index (κ2) is 8.43. The quantitative estimate of drug-likeness (QED) is 0.789. The topological polar surface area (TPSA) is 62.3 Å². The Hall–Kier alpha value is -2.21. The molecule has 120 valence electrons. The van der Waals surface area contributed by atoms with Crippen molar-refractivity contribution in [3.63, 3.8) is 0 Å². The Bertz CT molecular complexity index is 677. The first-order valence-electron chi connectivity index (χ1n) is 7.23. The minimum atomic E-state index is -0.316. The molecule has 5 nitrogen and oxygen atoms in total. The van der Waals surface area contributed by atoms with Gasteiger partial charge in [0.2, 0.25) is 11.8 Å². The number of hydrogen-bond acceptors (Lipinski definition) is 3. The Balaban J connectivity index is 1.79. The van der Waals surface area contributed by atoms with E-state index in [4.69, 9.17) is 0 Å². The number of nitrogens with one attached hydrogen (secondary N) is 1. The number of hydrogen-bond donors (Lipinski definition) is 1. The largest absolute Gasteiger partial charge is 0.345 e. The number of likely N-dealkylation sites (N-methyl/N-ethyl adjacent to an activating group) is 1. The van der Waals surface area contributed by atoms with Gasteiger partial charge in [-0.25, -0.2) is 0 Å². The maximum atomic E-state index is 12.1. The van der Waals surface area contributed by atoms with Crippen LogP contribution >= 0.6 is 15.9 Å². The van der Waals surface area contributed by atoms with Crippen LogP contribution in [0.2, 0.25) is 0 Å². The van der Waals surface area contributed by atoms with Crippen molar-refractivity contribution < 1.29 is 9.59 Å². The van der Waals surface area contributed by atoms with Crippen molar-refractivity contribution in [3.05, 3.63) is 58.8 Å². The first-order valence-corrected chi connectivity index (χ1v) is 8.02. The van der Waals surface area contributed by atoms with Crippen LogP contribution in [0, 0.1) is 0 Å². The van der Waals surface area contributed by atoms with Crippen LogP contribution in [0.4, 0.5) is 5.69 Å². The van der Waals surface area contributed by atoms with E-state index in [1.165, 1.54) is 0 Å². The Labute approximate surface area is 143 Å². The minimum Gasteiger partial charge on any atom is -0.345 e. The zero-order valence-corrected chi connectivity index (χ0v) is 14.4. The molecule has 1 aromatic carbocycles. The molecule has 0 unspecified atom stereocenters. The second-order valence-electron chi connectivity index (χ2n) is 5.16. The summed E-state index contributed by atoms with van der Waals surface area (Å²) in [5.74, 6) is -0.518. The summed E-state index contributed by atoms with van der Waals surface area (Å²) in [6.45, 7) is 0.563. The number of nitrogens with zero attached hydrogens (tertiary/aromatic N) is 2. The van der Waals surface area contributed by atoms with E-state index in [2.05, 4.69) is 26.2 Å². The molecule has 6 heteroatoms. The predicted molar refractivity (Wildman–Crippen MR) is 93.0 cm³/mol. The summed E-state index contributed by atoms with van der Waals surface area (Å²) in [6.07, 6.45) is 4.02. The fraction of sp³-hybridized carbons (Fsp3) is 0.235. The van der Waals surface area contributed by atoms with Gasteiger partial charge in [-0.15, -0.1) is 0 Å². The van der Waals surface area contributed by atoms with Gasteiger partial charge in [-0.3, -0.25) is 14.6 Å². The van der Waals surface area contributed by atoms with Crippen molar-refractivity contribution >= 4 is 33.4 Å². The number of halogens is 1. The Morgan fingerprint density at radius 1 is 1.22 bits per heavy atom. The van der Waals surface area contributed by atoms with Gasteiger partial charge in [0.05, 0.1) is 0 Å². The van der Waals surface area contributed by atoms with Gasteiger partial charge in [0.15, 0.2) is 0 Å². The lowest BCUT2D eigenvalue weighted by Gasteiger charge is -2.17. The zero-order valence-electron chi connectivity index (χ0n) is 12.8. The van der Waals surface area contributed by atoms with Crippen LogP contribution < -0.4 is 5.32 Å². The van der Waals surface area contributed by atoms with Gasteiger partial charge in [-0.05, 0) is 42.3 Å². The van der Waals surface area contributed by atoms with Crippen LogP contribution in [0.15, 0.2) is 53.3 Å². The van der Waals surface area contributed by atoms with Crippen LogP contribution in [0.25, 0.3) is 0 Å². The molecule has 0 fully saturated rings. The monoisotopic (exact) mass is 375 g/mol. The molecule has 0 bridgehead atoms. The third-order valence-corrected chi connectivity index (χ3v) is 3.82. The average molecular weight is 376 g/mol. The number of benzene rings is 1. The van der Waals surface area contributed by atoms with Crippen LogP contribution in [-0.4, -0.2) is 35.3 Å². The standard InChI is InChI=1S/C17H18BrN3O2/c1-21(10-7-13-5-8-19-9-6-13)17(23)12-16(22)20-15-4-2-3-14(18)11-15/h2-6,8-9,11H,7,10,12H2,1H3,(H,20,22). The zero-order chi connectivity index (χ0) is 16.7. The average Bonchev–Trinajstić information content (AvgIpc) is 2.53. The molecule has 2 rings (SSSR count). The molecular formula is C17H18BrN3O2. The highest BCUT2D eigenvalue weighted by molar-refractivity contribution is 9.10. The molecule has 0 aliphatic heterocycles. The summed E-state index contributed by atoms with van der Waals surface area (Å²) in [5.41, 5.74) is 1.77. The van der Waals surface area contributed by atoms with Crippen molar-refractivity contribution in [2.75, 3.05) is 18.9 Å². The SMILES string of the molecule is CN(CCc1ccncc1)C(=O)CC(=O)Nc1cccc(Br)c1. The van der Waals surface area contributed by atoms with Gasteiger partial charge < -0.3 is 10.2 Å². The van der Waals surface area contributed by atoms with Gasteiger partial charge in [-0.2, -0.15) is 0 Å². The molecule has 0 saturated carbocycles. The Kier molecular flexibility index (Phi) is 6.29. The number of anilines is 1. The van der Waals surface area contributed by atoms with Gasteiger partial charge in [0, 0.05) is 36.1 Å². The van der Waals surface area contributed by atoms with Crippen molar-refractivity contribution in [3.8, 4) is 0 Å². The normalized spacial score (nSPS) is 10.2. The Morgan fingerprint density at radius 2 is 1.96 bits per heavy atom. The third-order valence-electron chi connectivity index (χ3n) is 3.33. The number of carbonyl (C=O) groups is 2. The smallest absolute Gasteiger partial charge is 0.233 e. The molecule has 0 radical (unpaired) electrons. The van der Waals surface area contributed by atoms with Gasteiger partial charge >= 0.3 is 0 Å². The molecular weight excluding hydrogens is 358 g/mol. The highest BCUT2D eigenvalue weighted by Gasteiger charge is 2.14. The van der Waals surface area contributed by atoms with E-state index in [9.17, 15) is 9.59 Å². The van der Waals surface area contributed by atoms with Crippen LogP contribution in [0.3, 0.4) is 0 Å². The maximum Gasteiger partial charge on any atom is 0.233 e.